The molecule has 0 bridgehead atoms. The first kappa shape index (κ1) is 82.1. The summed E-state index contributed by atoms with van der Waals surface area (Å²) in [5.41, 5.74) is 0. The minimum atomic E-state index is -4.95. The SMILES string of the molecule is CCCCCCCCCCCCCC(=O)OC[C@H](COP(=O)(O)OC[C@@H](O)COP(=O)(O)OC[C@@H](COC(=O)CCCCCCCCCC)OC(=O)CCCCCCCCCC(C)C)OC(=O)CCCCCCCCCCCCCCC(C)C. The van der Waals surface area contributed by atoms with Crippen LogP contribution in [0.25, 0.3) is 0 Å². The van der Waals surface area contributed by atoms with Gasteiger partial charge in [0.15, 0.2) is 12.2 Å². The van der Waals surface area contributed by atoms with Crippen LogP contribution in [-0.2, 0) is 65.4 Å². The Hall–Kier alpha value is -1.94. The Morgan fingerprint density at radius 2 is 0.548 bits per heavy atom. The summed E-state index contributed by atoms with van der Waals surface area (Å²) < 4.78 is 68.0. The Labute approximate surface area is 511 Å². The van der Waals surface area contributed by atoms with Gasteiger partial charge >= 0.3 is 39.5 Å². The highest BCUT2D eigenvalue weighted by molar-refractivity contribution is 7.47. The summed E-state index contributed by atoms with van der Waals surface area (Å²) in [4.78, 5) is 72.2. The molecule has 0 fully saturated rings. The van der Waals surface area contributed by atoms with Crippen molar-refractivity contribution in [3.63, 3.8) is 0 Å². The van der Waals surface area contributed by atoms with Crippen molar-refractivity contribution in [3.05, 3.63) is 0 Å². The van der Waals surface area contributed by atoms with Crippen LogP contribution in [0.2, 0.25) is 0 Å². The molecule has 19 heteroatoms. The van der Waals surface area contributed by atoms with Crippen LogP contribution in [0.1, 0.15) is 324 Å². The highest BCUT2D eigenvalue weighted by Crippen LogP contribution is 2.45. The van der Waals surface area contributed by atoms with Crippen LogP contribution in [0, 0.1) is 11.8 Å². The molecule has 0 saturated carbocycles. The summed E-state index contributed by atoms with van der Waals surface area (Å²) >= 11 is 0. The molecule has 0 aliphatic carbocycles. The Bertz CT molecular complexity index is 1650. The first-order valence-electron chi connectivity index (χ1n) is 34.0. The Kier molecular flexibility index (Phi) is 56.2. The minimum absolute atomic E-state index is 0.103. The van der Waals surface area contributed by atoms with E-state index in [0.29, 0.717) is 31.6 Å². The molecular formula is C65H126O17P2. The van der Waals surface area contributed by atoms with Gasteiger partial charge in [0.05, 0.1) is 26.4 Å². The van der Waals surface area contributed by atoms with E-state index >= 15 is 0 Å². The van der Waals surface area contributed by atoms with Gasteiger partial charge in [0.1, 0.15) is 19.3 Å². The van der Waals surface area contributed by atoms with Crippen LogP contribution >= 0.6 is 15.6 Å². The molecule has 0 saturated heterocycles. The molecule has 84 heavy (non-hydrogen) atoms. The van der Waals surface area contributed by atoms with Crippen LogP contribution in [0.3, 0.4) is 0 Å². The van der Waals surface area contributed by atoms with Gasteiger partial charge in [-0.05, 0) is 37.5 Å². The van der Waals surface area contributed by atoms with Crippen molar-refractivity contribution in [2.24, 2.45) is 11.8 Å². The summed E-state index contributed by atoms with van der Waals surface area (Å²) in [6, 6.07) is 0. The predicted molar refractivity (Wildman–Crippen MR) is 335 cm³/mol. The van der Waals surface area contributed by atoms with Crippen LogP contribution in [0.4, 0.5) is 0 Å². The fourth-order valence-corrected chi connectivity index (χ4v) is 11.3. The van der Waals surface area contributed by atoms with E-state index in [1.54, 1.807) is 0 Å². The molecule has 0 aliphatic rings. The molecule has 0 aliphatic heterocycles. The second-order valence-electron chi connectivity index (χ2n) is 24.5. The van der Waals surface area contributed by atoms with Gasteiger partial charge in [-0.3, -0.25) is 37.3 Å². The second kappa shape index (κ2) is 57.5. The Morgan fingerprint density at radius 3 is 0.810 bits per heavy atom. The average molecular weight is 1240 g/mol. The van der Waals surface area contributed by atoms with E-state index in [9.17, 15) is 43.2 Å². The quantitative estimate of drug-likeness (QED) is 0.0222. The number of hydrogen-bond donors (Lipinski definition) is 3. The van der Waals surface area contributed by atoms with Gasteiger partial charge in [-0.25, -0.2) is 9.13 Å². The summed E-state index contributed by atoms with van der Waals surface area (Å²) in [7, 11) is -9.89. The molecule has 0 aromatic carbocycles. The van der Waals surface area contributed by atoms with E-state index in [-0.39, 0.29) is 25.7 Å². The van der Waals surface area contributed by atoms with Crippen molar-refractivity contribution in [3.8, 4) is 0 Å². The number of carbonyl (C=O) groups excluding carboxylic acids is 4. The van der Waals surface area contributed by atoms with Crippen molar-refractivity contribution in [2.75, 3.05) is 39.6 Å². The maximum absolute atomic E-state index is 13.0. The fourth-order valence-electron chi connectivity index (χ4n) is 9.71. The Morgan fingerprint density at radius 1 is 0.321 bits per heavy atom. The number of aliphatic hydroxyl groups is 1. The Balaban J connectivity index is 5.22. The van der Waals surface area contributed by atoms with Crippen LogP contribution in [-0.4, -0.2) is 96.7 Å². The topological polar surface area (TPSA) is 237 Å². The summed E-state index contributed by atoms with van der Waals surface area (Å²) in [6.07, 6.45) is 40.4. The first-order valence-corrected chi connectivity index (χ1v) is 37.0. The molecule has 0 spiro atoms. The number of unbranched alkanes of at least 4 members (excludes halogenated alkanes) is 34. The van der Waals surface area contributed by atoms with Crippen LogP contribution < -0.4 is 0 Å². The second-order valence-corrected chi connectivity index (χ2v) is 27.4. The normalized spacial score (nSPS) is 14.3. The molecule has 17 nitrogen and oxygen atoms in total. The third-order valence-corrected chi connectivity index (χ3v) is 16.9. The standard InChI is InChI=1S/C65H126O17P2/c1-7-9-11-13-15-17-20-24-30-36-42-48-63(68)76-54-60(81-64(69)49-43-37-31-25-22-19-18-21-23-27-33-39-45-57(3)4)55-79-83(71,72)77-51-59(66)52-78-84(73,74)80-56-61(53-75-62(67)47-41-35-29-16-14-12-10-8-2)82-65(70)50-44-38-32-26-28-34-40-46-58(5)6/h57-61,66H,7-56H2,1-6H3,(H,71,72)(H,73,74)/t59-,60-,61-/m1/s1. The number of carbonyl (C=O) groups is 4. The lowest BCUT2D eigenvalue weighted by Gasteiger charge is -2.21. The molecule has 498 valence electrons. The van der Waals surface area contributed by atoms with Gasteiger partial charge in [-0.2, -0.15) is 0 Å². The smallest absolute Gasteiger partial charge is 0.462 e. The molecule has 0 aromatic heterocycles. The number of hydrogen-bond acceptors (Lipinski definition) is 15. The van der Waals surface area contributed by atoms with Gasteiger partial charge in [0.25, 0.3) is 0 Å². The monoisotopic (exact) mass is 1240 g/mol. The van der Waals surface area contributed by atoms with Crippen molar-refractivity contribution in [1.29, 1.82) is 0 Å². The van der Waals surface area contributed by atoms with Crippen molar-refractivity contribution in [1.82, 2.24) is 0 Å². The molecule has 2 unspecified atom stereocenters. The average Bonchev–Trinajstić information content (AvgIpc) is 3.57. The largest absolute Gasteiger partial charge is 0.472 e. The van der Waals surface area contributed by atoms with E-state index in [1.807, 2.05) is 0 Å². The summed E-state index contributed by atoms with van der Waals surface area (Å²) in [5.74, 6) is -0.663. The van der Waals surface area contributed by atoms with Crippen LogP contribution in [0.15, 0.2) is 0 Å². The molecule has 5 atom stereocenters. The first-order chi connectivity index (χ1) is 40.4. The van der Waals surface area contributed by atoms with Gasteiger partial charge in [0.2, 0.25) is 0 Å². The van der Waals surface area contributed by atoms with Crippen LogP contribution in [0.5, 0.6) is 0 Å². The number of esters is 4. The van der Waals surface area contributed by atoms with E-state index in [2.05, 4.69) is 41.5 Å². The van der Waals surface area contributed by atoms with Crippen molar-refractivity contribution < 1.29 is 80.2 Å². The summed E-state index contributed by atoms with van der Waals surface area (Å²) in [6.45, 7) is 9.42. The van der Waals surface area contributed by atoms with Gasteiger partial charge in [-0.15, -0.1) is 0 Å². The molecule has 3 N–H and O–H groups in total. The molecule has 0 amide bonds. The molecule has 0 heterocycles. The van der Waals surface area contributed by atoms with E-state index in [0.717, 1.165) is 102 Å². The molecule has 0 radical (unpaired) electrons. The van der Waals surface area contributed by atoms with Gasteiger partial charge < -0.3 is 33.8 Å². The number of phosphoric acid groups is 2. The zero-order valence-corrected chi connectivity index (χ0v) is 56.0. The zero-order valence-electron chi connectivity index (χ0n) is 54.2. The van der Waals surface area contributed by atoms with E-state index < -0.39 is 97.5 Å². The highest BCUT2D eigenvalue weighted by Gasteiger charge is 2.30. The lowest BCUT2D eigenvalue weighted by molar-refractivity contribution is -0.161. The lowest BCUT2D eigenvalue weighted by Crippen LogP contribution is -2.30. The van der Waals surface area contributed by atoms with Gasteiger partial charge in [0, 0.05) is 25.7 Å². The third-order valence-electron chi connectivity index (χ3n) is 15.0. The van der Waals surface area contributed by atoms with Crippen molar-refractivity contribution in [2.45, 2.75) is 342 Å². The van der Waals surface area contributed by atoms with Gasteiger partial charge in [-0.1, -0.05) is 273 Å². The van der Waals surface area contributed by atoms with Crippen molar-refractivity contribution >= 4 is 39.5 Å². The fraction of sp³-hybridized carbons (Fsp3) is 0.938. The summed E-state index contributed by atoms with van der Waals surface area (Å²) in [5, 5.41) is 10.5. The predicted octanol–water partition coefficient (Wildman–Crippen LogP) is 18.0. The lowest BCUT2D eigenvalue weighted by atomic mass is 10.0. The highest BCUT2D eigenvalue weighted by atomic mass is 31.2. The van der Waals surface area contributed by atoms with E-state index in [4.69, 9.17) is 37.0 Å². The minimum Gasteiger partial charge on any atom is -0.462 e. The zero-order chi connectivity index (χ0) is 62.2. The third kappa shape index (κ3) is 59.0. The maximum atomic E-state index is 13.0. The molecule has 0 aromatic rings. The number of aliphatic hydroxyl groups excluding tert-OH is 1. The molecular weight excluding hydrogens is 1110 g/mol. The number of rotatable bonds is 64. The number of ether oxygens (including phenoxy) is 4. The molecule has 0 rings (SSSR count). The maximum Gasteiger partial charge on any atom is 0.472 e. The van der Waals surface area contributed by atoms with E-state index in [1.165, 1.54) is 135 Å². The number of phosphoric ester groups is 2.